The van der Waals surface area contributed by atoms with Crippen molar-refractivity contribution in [3.8, 4) is 0 Å². The van der Waals surface area contributed by atoms with Gasteiger partial charge < -0.3 is 4.42 Å². The van der Waals surface area contributed by atoms with Crippen LogP contribution in [0.5, 0.6) is 0 Å². The second-order valence-corrected chi connectivity index (χ2v) is 4.99. The summed E-state index contributed by atoms with van der Waals surface area (Å²) in [5.41, 5.74) is 6.24. The fourth-order valence-corrected chi connectivity index (χ4v) is 2.66. The molecular formula is C15H17ClO. The maximum absolute atomic E-state index is 6.53. The lowest BCUT2D eigenvalue weighted by Crippen LogP contribution is -2.02. The largest absolute Gasteiger partial charge is 0.467 e. The van der Waals surface area contributed by atoms with Gasteiger partial charge in [-0.1, -0.05) is 6.07 Å². The molecule has 2 heteroatoms. The first-order valence-corrected chi connectivity index (χ1v) is 6.20. The van der Waals surface area contributed by atoms with Crippen LogP contribution in [-0.4, -0.2) is 0 Å². The van der Waals surface area contributed by atoms with Crippen molar-refractivity contribution in [2.75, 3.05) is 0 Å². The molecule has 1 aromatic carbocycles. The minimum Gasteiger partial charge on any atom is -0.467 e. The van der Waals surface area contributed by atoms with E-state index < -0.39 is 0 Å². The van der Waals surface area contributed by atoms with Gasteiger partial charge in [-0.15, -0.1) is 11.6 Å². The quantitative estimate of drug-likeness (QED) is 0.693. The number of rotatable bonds is 2. The number of aryl methyl sites for hydroxylation is 2. The van der Waals surface area contributed by atoms with Gasteiger partial charge >= 0.3 is 0 Å². The zero-order valence-corrected chi connectivity index (χ0v) is 11.4. The molecule has 0 aliphatic carbocycles. The molecule has 0 aliphatic rings. The van der Waals surface area contributed by atoms with Crippen molar-refractivity contribution < 1.29 is 4.42 Å². The highest BCUT2D eigenvalue weighted by molar-refractivity contribution is 6.22. The molecule has 0 fully saturated rings. The summed E-state index contributed by atoms with van der Waals surface area (Å²) in [4.78, 5) is 0. The third-order valence-electron chi connectivity index (χ3n) is 3.47. The van der Waals surface area contributed by atoms with Crippen LogP contribution in [0.15, 0.2) is 28.9 Å². The highest BCUT2D eigenvalue weighted by atomic mass is 35.5. The predicted molar refractivity (Wildman–Crippen MR) is 71.8 cm³/mol. The molecule has 0 amide bonds. The standard InChI is InChI=1S/C15H17ClO/c1-9-8-10(2)12(4)14(11(9)3)15(16)13-6-5-7-17-13/h5-8,15H,1-4H3. The summed E-state index contributed by atoms with van der Waals surface area (Å²) >= 11 is 6.53. The van der Waals surface area contributed by atoms with Crippen LogP contribution in [0, 0.1) is 27.7 Å². The predicted octanol–water partition coefficient (Wildman–Crippen LogP) is 4.84. The molecule has 17 heavy (non-hydrogen) atoms. The third kappa shape index (κ3) is 2.12. The fourth-order valence-electron chi connectivity index (χ4n) is 2.21. The summed E-state index contributed by atoms with van der Waals surface area (Å²) in [5.74, 6) is 0.808. The van der Waals surface area contributed by atoms with E-state index >= 15 is 0 Å². The summed E-state index contributed by atoms with van der Waals surface area (Å²) in [6.45, 7) is 8.49. The summed E-state index contributed by atoms with van der Waals surface area (Å²) in [7, 11) is 0. The van der Waals surface area contributed by atoms with Gasteiger partial charge in [-0.2, -0.15) is 0 Å². The van der Waals surface area contributed by atoms with Crippen molar-refractivity contribution >= 4 is 11.6 Å². The number of benzene rings is 1. The molecule has 1 nitrogen and oxygen atoms in total. The first-order chi connectivity index (χ1) is 8.02. The van der Waals surface area contributed by atoms with Crippen LogP contribution < -0.4 is 0 Å². The maximum Gasteiger partial charge on any atom is 0.126 e. The zero-order chi connectivity index (χ0) is 12.6. The Hall–Kier alpha value is -1.21. The molecule has 1 unspecified atom stereocenters. The van der Waals surface area contributed by atoms with E-state index in [2.05, 4.69) is 33.8 Å². The molecule has 90 valence electrons. The lowest BCUT2D eigenvalue weighted by Gasteiger charge is -2.18. The summed E-state index contributed by atoms with van der Waals surface area (Å²) in [5, 5.41) is -0.205. The Bertz CT molecular complexity index is 500. The molecule has 1 aromatic heterocycles. The highest BCUT2D eigenvalue weighted by Gasteiger charge is 2.20. The van der Waals surface area contributed by atoms with Crippen LogP contribution in [0.4, 0.5) is 0 Å². The van der Waals surface area contributed by atoms with Gasteiger partial charge in [-0.25, -0.2) is 0 Å². The second kappa shape index (κ2) is 4.58. The van der Waals surface area contributed by atoms with Crippen molar-refractivity contribution in [2.24, 2.45) is 0 Å². The van der Waals surface area contributed by atoms with E-state index in [1.165, 1.54) is 27.8 Å². The van der Waals surface area contributed by atoms with E-state index in [9.17, 15) is 0 Å². The van der Waals surface area contributed by atoms with E-state index in [0.717, 1.165) is 5.76 Å². The summed E-state index contributed by atoms with van der Waals surface area (Å²) in [6.07, 6.45) is 1.66. The molecule has 0 saturated carbocycles. The van der Waals surface area contributed by atoms with Crippen LogP contribution in [0.1, 0.15) is 39.0 Å². The zero-order valence-electron chi connectivity index (χ0n) is 10.7. The Morgan fingerprint density at radius 3 is 2.12 bits per heavy atom. The molecule has 0 saturated heterocycles. The van der Waals surface area contributed by atoms with Gasteiger partial charge in [0.1, 0.15) is 11.1 Å². The molecule has 0 radical (unpaired) electrons. The Morgan fingerprint density at radius 2 is 1.65 bits per heavy atom. The first-order valence-electron chi connectivity index (χ1n) is 5.77. The van der Waals surface area contributed by atoms with E-state index in [1.807, 2.05) is 12.1 Å². The van der Waals surface area contributed by atoms with E-state index in [-0.39, 0.29) is 5.38 Å². The van der Waals surface area contributed by atoms with Gasteiger partial charge in [-0.05, 0) is 67.6 Å². The van der Waals surface area contributed by atoms with Crippen LogP contribution >= 0.6 is 11.6 Å². The SMILES string of the molecule is Cc1cc(C)c(C)c(C(Cl)c2ccco2)c1C. The van der Waals surface area contributed by atoms with Gasteiger partial charge in [0.05, 0.1) is 6.26 Å². The van der Waals surface area contributed by atoms with Crippen LogP contribution in [0.25, 0.3) is 0 Å². The van der Waals surface area contributed by atoms with Crippen LogP contribution in [0.2, 0.25) is 0 Å². The van der Waals surface area contributed by atoms with Crippen molar-refractivity contribution in [2.45, 2.75) is 33.1 Å². The lowest BCUT2D eigenvalue weighted by atomic mass is 9.91. The number of hydrogen-bond donors (Lipinski definition) is 0. The van der Waals surface area contributed by atoms with E-state index in [0.29, 0.717) is 0 Å². The second-order valence-electron chi connectivity index (χ2n) is 4.55. The van der Waals surface area contributed by atoms with Crippen LogP contribution in [0.3, 0.4) is 0 Å². The average Bonchev–Trinajstić information content (AvgIpc) is 2.80. The minimum absolute atomic E-state index is 0.205. The number of alkyl halides is 1. The van der Waals surface area contributed by atoms with Gasteiger partial charge in [0, 0.05) is 0 Å². The van der Waals surface area contributed by atoms with Gasteiger partial charge in [0.15, 0.2) is 0 Å². The van der Waals surface area contributed by atoms with Gasteiger partial charge in [0.2, 0.25) is 0 Å². The monoisotopic (exact) mass is 248 g/mol. The third-order valence-corrected chi connectivity index (χ3v) is 3.90. The van der Waals surface area contributed by atoms with E-state index in [4.69, 9.17) is 16.0 Å². The Balaban J connectivity index is 2.59. The number of hydrogen-bond acceptors (Lipinski definition) is 1. The Morgan fingerprint density at radius 1 is 1.06 bits per heavy atom. The molecule has 0 spiro atoms. The average molecular weight is 249 g/mol. The molecular weight excluding hydrogens is 232 g/mol. The Labute approximate surface area is 107 Å². The summed E-state index contributed by atoms with van der Waals surface area (Å²) in [6, 6.07) is 6.01. The number of furan rings is 1. The molecule has 2 rings (SSSR count). The van der Waals surface area contributed by atoms with Gasteiger partial charge in [-0.3, -0.25) is 0 Å². The molecule has 2 aromatic rings. The molecule has 0 N–H and O–H groups in total. The normalized spacial score (nSPS) is 12.8. The van der Waals surface area contributed by atoms with Crippen molar-refractivity contribution in [1.29, 1.82) is 0 Å². The molecule has 0 aliphatic heterocycles. The number of halogens is 1. The smallest absolute Gasteiger partial charge is 0.126 e. The van der Waals surface area contributed by atoms with Crippen molar-refractivity contribution in [3.05, 3.63) is 58.0 Å². The molecule has 1 atom stereocenters. The maximum atomic E-state index is 6.53. The Kier molecular flexibility index (Phi) is 3.30. The fraction of sp³-hybridized carbons (Fsp3) is 0.333. The summed E-state index contributed by atoms with van der Waals surface area (Å²) < 4.78 is 5.41. The minimum atomic E-state index is -0.205. The molecule has 0 bridgehead atoms. The lowest BCUT2D eigenvalue weighted by molar-refractivity contribution is 0.515. The highest BCUT2D eigenvalue weighted by Crippen LogP contribution is 2.35. The molecule has 1 heterocycles. The van der Waals surface area contributed by atoms with Crippen molar-refractivity contribution in [3.63, 3.8) is 0 Å². The van der Waals surface area contributed by atoms with Crippen molar-refractivity contribution in [1.82, 2.24) is 0 Å². The first kappa shape index (κ1) is 12.3. The van der Waals surface area contributed by atoms with Crippen LogP contribution in [-0.2, 0) is 0 Å². The van der Waals surface area contributed by atoms with E-state index in [1.54, 1.807) is 6.26 Å². The topological polar surface area (TPSA) is 13.1 Å². The van der Waals surface area contributed by atoms with Gasteiger partial charge in [0.25, 0.3) is 0 Å².